The maximum absolute atomic E-state index is 13.2. The summed E-state index contributed by atoms with van der Waals surface area (Å²) in [5.41, 5.74) is 0.799. The molecule has 32 heavy (non-hydrogen) atoms. The second-order valence-corrected chi connectivity index (χ2v) is 8.76. The van der Waals surface area contributed by atoms with E-state index in [2.05, 4.69) is 10.0 Å². The fourth-order valence-corrected chi connectivity index (χ4v) is 4.47. The fraction of sp³-hybridized carbons (Fsp3) is 0.0833. The Morgan fingerprint density at radius 3 is 1.91 bits per heavy atom. The molecule has 0 saturated heterocycles. The van der Waals surface area contributed by atoms with Gasteiger partial charge in [-0.25, -0.2) is 8.42 Å². The van der Waals surface area contributed by atoms with Crippen LogP contribution >= 0.6 is 0 Å². The van der Waals surface area contributed by atoms with E-state index in [1.165, 1.54) is 18.2 Å². The smallest absolute Gasteiger partial charge is 0.262 e. The second kappa shape index (κ2) is 8.68. The highest BCUT2D eigenvalue weighted by molar-refractivity contribution is 7.89. The van der Waals surface area contributed by atoms with Crippen molar-refractivity contribution in [2.45, 2.75) is 11.4 Å². The van der Waals surface area contributed by atoms with Crippen LogP contribution in [0.1, 0.15) is 26.3 Å². The Balaban J connectivity index is 1.72. The minimum Gasteiger partial charge on any atom is -0.497 e. The number of ketones is 2. The SMILES string of the molecule is COc1ccc(CNC2=C(NS(=O)(=O)c3ccccc3)C(=O)c3ccccc3C2=O)cc1. The van der Waals surface area contributed by atoms with Crippen molar-refractivity contribution in [2.75, 3.05) is 7.11 Å². The van der Waals surface area contributed by atoms with Gasteiger partial charge in [0, 0.05) is 17.7 Å². The molecule has 0 radical (unpaired) electrons. The van der Waals surface area contributed by atoms with E-state index >= 15 is 0 Å². The summed E-state index contributed by atoms with van der Waals surface area (Å²) in [6, 6.07) is 21.2. The van der Waals surface area contributed by atoms with Crippen molar-refractivity contribution in [3.63, 3.8) is 0 Å². The van der Waals surface area contributed by atoms with Crippen molar-refractivity contribution in [1.29, 1.82) is 0 Å². The molecule has 0 spiro atoms. The van der Waals surface area contributed by atoms with Crippen molar-refractivity contribution in [2.24, 2.45) is 0 Å². The summed E-state index contributed by atoms with van der Waals surface area (Å²) in [5, 5.41) is 2.96. The first kappa shape index (κ1) is 21.3. The summed E-state index contributed by atoms with van der Waals surface area (Å²) in [4.78, 5) is 26.4. The number of carbonyl (C=O) groups is 2. The molecule has 0 atom stereocenters. The van der Waals surface area contributed by atoms with Crippen LogP contribution in [0, 0.1) is 0 Å². The van der Waals surface area contributed by atoms with Gasteiger partial charge in [-0.15, -0.1) is 0 Å². The van der Waals surface area contributed by atoms with Crippen LogP contribution in [0.15, 0.2) is 95.2 Å². The molecule has 7 nitrogen and oxygen atoms in total. The van der Waals surface area contributed by atoms with Crippen LogP contribution in [0.2, 0.25) is 0 Å². The zero-order chi connectivity index (χ0) is 22.7. The maximum atomic E-state index is 13.2. The maximum Gasteiger partial charge on any atom is 0.262 e. The lowest BCUT2D eigenvalue weighted by Crippen LogP contribution is -2.38. The van der Waals surface area contributed by atoms with E-state index in [9.17, 15) is 18.0 Å². The lowest BCUT2D eigenvalue weighted by atomic mass is 9.90. The number of allylic oxidation sites excluding steroid dienone is 2. The average Bonchev–Trinajstić information content (AvgIpc) is 2.83. The molecule has 1 aliphatic rings. The molecule has 4 rings (SSSR count). The van der Waals surface area contributed by atoms with Crippen LogP contribution < -0.4 is 14.8 Å². The van der Waals surface area contributed by atoms with Crippen molar-refractivity contribution in [3.05, 3.63) is 107 Å². The van der Waals surface area contributed by atoms with Gasteiger partial charge in [0.05, 0.1) is 12.0 Å². The number of fused-ring (bicyclic) bond motifs is 1. The van der Waals surface area contributed by atoms with Gasteiger partial charge < -0.3 is 10.1 Å². The Hall–Kier alpha value is -3.91. The number of ether oxygens (including phenoxy) is 1. The van der Waals surface area contributed by atoms with E-state index < -0.39 is 21.6 Å². The van der Waals surface area contributed by atoms with Crippen molar-refractivity contribution in [3.8, 4) is 5.75 Å². The van der Waals surface area contributed by atoms with Gasteiger partial charge in [-0.05, 0) is 29.8 Å². The molecule has 1 aliphatic carbocycles. The molecule has 0 amide bonds. The van der Waals surface area contributed by atoms with Gasteiger partial charge in [-0.1, -0.05) is 54.6 Å². The van der Waals surface area contributed by atoms with Crippen molar-refractivity contribution >= 4 is 21.6 Å². The number of benzene rings is 3. The van der Waals surface area contributed by atoms with Gasteiger partial charge in [-0.2, -0.15) is 0 Å². The van der Waals surface area contributed by atoms with Crippen LogP contribution in [0.5, 0.6) is 5.75 Å². The topological polar surface area (TPSA) is 102 Å². The summed E-state index contributed by atoms with van der Waals surface area (Å²) in [5.74, 6) is -0.349. The monoisotopic (exact) mass is 448 g/mol. The number of sulfonamides is 1. The first-order valence-corrected chi connectivity index (χ1v) is 11.3. The van der Waals surface area contributed by atoms with Crippen LogP contribution in [-0.4, -0.2) is 27.1 Å². The van der Waals surface area contributed by atoms with E-state index in [-0.39, 0.29) is 34.0 Å². The van der Waals surface area contributed by atoms with Gasteiger partial charge >= 0.3 is 0 Å². The Bertz CT molecular complexity index is 1310. The first-order valence-electron chi connectivity index (χ1n) is 9.78. The molecule has 0 bridgehead atoms. The third-order valence-electron chi connectivity index (χ3n) is 5.04. The molecular formula is C24H20N2O5S. The lowest BCUT2D eigenvalue weighted by molar-refractivity contribution is 0.0965. The number of hydrogen-bond acceptors (Lipinski definition) is 6. The van der Waals surface area contributed by atoms with Crippen LogP contribution in [0.3, 0.4) is 0 Å². The Kier molecular flexibility index (Phi) is 5.79. The molecule has 3 aromatic carbocycles. The highest BCUT2D eigenvalue weighted by atomic mass is 32.2. The minimum absolute atomic E-state index is 0.0129. The summed E-state index contributed by atoms with van der Waals surface area (Å²) in [6.07, 6.45) is 0. The predicted molar refractivity (Wildman–Crippen MR) is 119 cm³/mol. The molecule has 0 aromatic heterocycles. The van der Waals surface area contributed by atoms with E-state index in [4.69, 9.17) is 4.74 Å². The molecule has 8 heteroatoms. The normalized spacial score (nSPS) is 13.5. The third kappa shape index (κ3) is 4.13. The van der Waals surface area contributed by atoms with Gasteiger partial charge in [-0.3, -0.25) is 14.3 Å². The number of Topliss-reactive ketones (excluding diaryl/α,β-unsaturated/α-hetero) is 2. The standard InChI is InChI=1S/C24H20N2O5S/c1-31-17-13-11-16(12-14-17)15-25-21-22(26-32(29,30)18-7-3-2-4-8-18)24(28)20-10-6-5-9-19(20)23(21)27/h2-14,25-26H,15H2,1H3. The van der Waals surface area contributed by atoms with E-state index in [1.54, 1.807) is 55.6 Å². The zero-order valence-electron chi connectivity index (χ0n) is 17.2. The Morgan fingerprint density at radius 1 is 0.750 bits per heavy atom. The van der Waals surface area contributed by atoms with Gasteiger partial charge in [0.1, 0.15) is 17.1 Å². The van der Waals surface area contributed by atoms with Crippen LogP contribution in [-0.2, 0) is 16.6 Å². The second-order valence-electron chi connectivity index (χ2n) is 7.07. The number of rotatable bonds is 7. The highest BCUT2D eigenvalue weighted by Gasteiger charge is 2.34. The molecule has 0 saturated carbocycles. The molecule has 0 aliphatic heterocycles. The number of carbonyl (C=O) groups excluding carboxylic acids is 2. The van der Waals surface area contributed by atoms with Gasteiger partial charge in [0.15, 0.2) is 0 Å². The van der Waals surface area contributed by atoms with Crippen molar-refractivity contribution in [1.82, 2.24) is 10.0 Å². The lowest BCUT2D eigenvalue weighted by Gasteiger charge is -2.23. The molecule has 2 N–H and O–H groups in total. The summed E-state index contributed by atoms with van der Waals surface area (Å²) in [7, 11) is -2.52. The number of hydrogen-bond donors (Lipinski definition) is 2. The summed E-state index contributed by atoms with van der Waals surface area (Å²) in [6.45, 7) is 0.205. The number of nitrogens with one attached hydrogen (secondary N) is 2. The minimum atomic E-state index is -4.08. The van der Waals surface area contributed by atoms with E-state index in [0.29, 0.717) is 5.75 Å². The molecule has 162 valence electrons. The fourth-order valence-electron chi connectivity index (χ4n) is 3.37. The molecule has 3 aromatic rings. The predicted octanol–water partition coefficient (Wildman–Crippen LogP) is 3.05. The van der Waals surface area contributed by atoms with E-state index in [0.717, 1.165) is 5.56 Å². The first-order chi connectivity index (χ1) is 15.4. The third-order valence-corrected chi connectivity index (χ3v) is 6.40. The van der Waals surface area contributed by atoms with Crippen LogP contribution in [0.4, 0.5) is 0 Å². The van der Waals surface area contributed by atoms with E-state index in [1.807, 2.05) is 12.1 Å². The molecular weight excluding hydrogens is 428 g/mol. The largest absolute Gasteiger partial charge is 0.497 e. The van der Waals surface area contributed by atoms with Gasteiger partial charge in [0.2, 0.25) is 11.6 Å². The quantitative estimate of drug-likeness (QED) is 0.576. The summed E-state index contributed by atoms with van der Waals surface area (Å²) < 4.78 is 33.3. The van der Waals surface area contributed by atoms with Gasteiger partial charge in [0.25, 0.3) is 10.0 Å². The Labute approximate surface area is 185 Å². The highest BCUT2D eigenvalue weighted by Crippen LogP contribution is 2.25. The van der Waals surface area contributed by atoms with Crippen molar-refractivity contribution < 1.29 is 22.7 Å². The zero-order valence-corrected chi connectivity index (χ0v) is 18.0. The van der Waals surface area contributed by atoms with Crippen LogP contribution in [0.25, 0.3) is 0 Å². The molecule has 0 unspecified atom stereocenters. The average molecular weight is 449 g/mol. The molecule has 0 heterocycles. The molecule has 0 fully saturated rings. The number of methoxy groups -OCH3 is 1. The Morgan fingerprint density at radius 2 is 1.31 bits per heavy atom. The summed E-state index contributed by atoms with van der Waals surface area (Å²) >= 11 is 0.